The molecular formula is C24H32N8. The zero-order valence-electron chi connectivity index (χ0n) is 18.9. The molecule has 0 atom stereocenters. The number of hydrogen-bond donors (Lipinski definition) is 2. The molecule has 0 radical (unpaired) electrons. The van der Waals surface area contributed by atoms with Gasteiger partial charge in [-0.05, 0) is 43.3 Å². The topological polar surface area (TPSA) is 73.6 Å². The Bertz CT molecular complexity index is 989. The fourth-order valence-corrected chi connectivity index (χ4v) is 3.83. The number of aliphatic imine (C=N–C) groups is 1. The molecule has 1 aromatic carbocycles. The van der Waals surface area contributed by atoms with Crippen molar-refractivity contribution in [1.82, 2.24) is 30.3 Å². The molecule has 1 aliphatic heterocycles. The number of benzene rings is 1. The number of hydrogen-bond acceptors (Lipinski definition) is 5. The highest BCUT2D eigenvalue weighted by Gasteiger charge is 2.17. The second-order valence-electron chi connectivity index (χ2n) is 8.00. The highest BCUT2D eigenvalue weighted by Crippen LogP contribution is 2.18. The van der Waals surface area contributed by atoms with Crippen molar-refractivity contribution >= 4 is 11.8 Å². The van der Waals surface area contributed by atoms with Crippen LogP contribution in [0.25, 0.3) is 5.69 Å². The Hall–Kier alpha value is -3.39. The van der Waals surface area contributed by atoms with E-state index in [1.165, 1.54) is 11.1 Å². The molecule has 3 aromatic rings. The summed E-state index contributed by atoms with van der Waals surface area (Å²) in [5.74, 6) is 1.87. The first-order valence-corrected chi connectivity index (χ1v) is 11.1. The van der Waals surface area contributed by atoms with E-state index in [1.54, 1.807) is 13.2 Å². The van der Waals surface area contributed by atoms with Crippen LogP contribution >= 0.6 is 0 Å². The number of anilines is 1. The third-order valence-electron chi connectivity index (χ3n) is 5.75. The Balaban J connectivity index is 1.27. The van der Waals surface area contributed by atoms with Crippen molar-refractivity contribution in [2.75, 3.05) is 51.7 Å². The fraction of sp³-hybridized carbons (Fsp3) is 0.375. The molecule has 2 N–H and O–H groups in total. The zero-order chi connectivity index (χ0) is 22.2. The van der Waals surface area contributed by atoms with Crippen molar-refractivity contribution in [3.05, 3.63) is 72.2 Å². The van der Waals surface area contributed by atoms with Crippen molar-refractivity contribution in [3.63, 3.8) is 0 Å². The standard InChI is InChI=1S/C24H32N8/c1-25-24(27-13-10-20-6-8-22(9-7-20)32-14-4-12-29-32)28-19-21-5-3-11-26-23(21)31-17-15-30(2)16-18-31/h3-9,11-12,14H,10,13,15-19H2,1-2H3,(H2,25,27,28). The van der Waals surface area contributed by atoms with Crippen LogP contribution in [0.15, 0.2) is 66.0 Å². The molecule has 1 aliphatic rings. The number of nitrogens with zero attached hydrogens (tertiary/aromatic N) is 6. The molecule has 168 valence electrons. The SMILES string of the molecule is CN=C(NCCc1ccc(-n2cccn2)cc1)NCc1cccnc1N1CCN(C)CC1. The number of piperazine rings is 1. The van der Waals surface area contributed by atoms with Gasteiger partial charge >= 0.3 is 0 Å². The van der Waals surface area contributed by atoms with Crippen LogP contribution in [0.3, 0.4) is 0 Å². The average molecular weight is 433 g/mol. The van der Waals surface area contributed by atoms with Crippen LogP contribution in [0.2, 0.25) is 0 Å². The minimum atomic E-state index is 0.688. The molecule has 0 bridgehead atoms. The third kappa shape index (κ3) is 5.64. The number of likely N-dealkylation sites (N-methyl/N-ethyl adjacent to an activating group) is 1. The van der Waals surface area contributed by atoms with E-state index in [4.69, 9.17) is 0 Å². The monoisotopic (exact) mass is 432 g/mol. The smallest absolute Gasteiger partial charge is 0.191 e. The second-order valence-corrected chi connectivity index (χ2v) is 8.00. The summed E-state index contributed by atoms with van der Waals surface area (Å²) in [5, 5.41) is 11.1. The van der Waals surface area contributed by atoms with Crippen LogP contribution in [-0.2, 0) is 13.0 Å². The van der Waals surface area contributed by atoms with Gasteiger partial charge in [-0.1, -0.05) is 18.2 Å². The van der Waals surface area contributed by atoms with Gasteiger partial charge in [0.15, 0.2) is 5.96 Å². The molecule has 0 spiro atoms. The number of nitrogens with one attached hydrogen (secondary N) is 2. The molecule has 0 amide bonds. The third-order valence-corrected chi connectivity index (χ3v) is 5.75. The van der Waals surface area contributed by atoms with Gasteiger partial charge < -0.3 is 20.4 Å². The normalized spacial score (nSPS) is 15.1. The van der Waals surface area contributed by atoms with E-state index >= 15 is 0 Å². The van der Waals surface area contributed by atoms with Gasteiger partial charge in [-0.3, -0.25) is 4.99 Å². The van der Waals surface area contributed by atoms with Crippen molar-refractivity contribution in [2.45, 2.75) is 13.0 Å². The van der Waals surface area contributed by atoms with Gasteiger partial charge in [0, 0.05) is 70.5 Å². The van der Waals surface area contributed by atoms with Crippen molar-refractivity contribution < 1.29 is 0 Å². The highest BCUT2D eigenvalue weighted by molar-refractivity contribution is 5.79. The number of guanidine groups is 1. The molecule has 0 saturated carbocycles. The molecule has 3 heterocycles. The predicted molar refractivity (Wildman–Crippen MR) is 129 cm³/mol. The van der Waals surface area contributed by atoms with Crippen molar-refractivity contribution in [3.8, 4) is 5.69 Å². The first kappa shape index (κ1) is 21.8. The fourth-order valence-electron chi connectivity index (χ4n) is 3.83. The van der Waals surface area contributed by atoms with E-state index in [9.17, 15) is 0 Å². The maximum Gasteiger partial charge on any atom is 0.191 e. The Morgan fingerprint density at radius 2 is 1.81 bits per heavy atom. The molecule has 0 unspecified atom stereocenters. The lowest BCUT2D eigenvalue weighted by atomic mass is 10.1. The maximum atomic E-state index is 4.66. The maximum absolute atomic E-state index is 4.66. The van der Waals surface area contributed by atoms with Gasteiger partial charge in [0.1, 0.15) is 5.82 Å². The van der Waals surface area contributed by atoms with Gasteiger partial charge in [0.25, 0.3) is 0 Å². The minimum Gasteiger partial charge on any atom is -0.356 e. The summed E-state index contributed by atoms with van der Waals surface area (Å²) in [4.78, 5) is 13.8. The van der Waals surface area contributed by atoms with E-state index in [-0.39, 0.29) is 0 Å². The summed E-state index contributed by atoms with van der Waals surface area (Å²) in [6.07, 6.45) is 6.53. The molecule has 2 aromatic heterocycles. The first-order valence-electron chi connectivity index (χ1n) is 11.1. The van der Waals surface area contributed by atoms with Gasteiger partial charge in [-0.25, -0.2) is 9.67 Å². The Labute approximate surface area is 190 Å². The zero-order valence-corrected chi connectivity index (χ0v) is 18.9. The number of pyridine rings is 1. The van der Waals surface area contributed by atoms with Crippen LogP contribution in [-0.4, -0.2) is 72.4 Å². The van der Waals surface area contributed by atoms with Gasteiger partial charge in [0.05, 0.1) is 5.69 Å². The van der Waals surface area contributed by atoms with Crippen LogP contribution in [0.4, 0.5) is 5.82 Å². The summed E-state index contributed by atoms with van der Waals surface area (Å²) in [5.41, 5.74) is 3.53. The van der Waals surface area contributed by atoms with Gasteiger partial charge in [-0.15, -0.1) is 0 Å². The quantitative estimate of drug-likeness (QED) is 0.439. The summed E-state index contributed by atoms with van der Waals surface area (Å²) in [6.45, 7) is 5.64. The molecule has 8 heteroatoms. The summed E-state index contributed by atoms with van der Waals surface area (Å²) >= 11 is 0. The minimum absolute atomic E-state index is 0.688. The molecule has 8 nitrogen and oxygen atoms in total. The van der Waals surface area contributed by atoms with E-state index in [0.717, 1.165) is 56.6 Å². The lowest BCUT2D eigenvalue weighted by Crippen LogP contribution is -2.45. The molecule has 1 saturated heterocycles. The van der Waals surface area contributed by atoms with E-state index in [1.807, 2.05) is 29.2 Å². The summed E-state index contributed by atoms with van der Waals surface area (Å²) in [6, 6.07) is 14.5. The predicted octanol–water partition coefficient (Wildman–Crippen LogP) is 1.93. The molecule has 4 rings (SSSR count). The van der Waals surface area contributed by atoms with Crippen molar-refractivity contribution in [2.24, 2.45) is 4.99 Å². The molecule has 32 heavy (non-hydrogen) atoms. The Kier molecular flexibility index (Phi) is 7.34. The number of aromatic nitrogens is 3. The molecule has 0 aliphatic carbocycles. The first-order chi connectivity index (χ1) is 15.7. The van der Waals surface area contributed by atoms with Crippen LogP contribution < -0.4 is 15.5 Å². The largest absolute Gasteiger partial charge is 0.356 e. The van der Waals surface area contributed by atoms with Crippen LogP contribution in [0.5, 0.6) is 0 Å². The van der Waals surface area contributed by atoms with Crippen molar-refractivity contribution in [1.29, 1.82) is 0 Å². The Morgan fingerprint density at radius 1 is 1.00 bits per heavy atom. The van der Waals surface area contributed by atoms with Gasteiger partial charge in [0.2, 0.25) is 0 Å². The van der Waals surface area contributed by atoms with Crippen LogP contribution in [0.1, 0.15) is 11.1 Å². The van der Waals surface area contributed by atoms with Gasteiger partial charge in [-0.2, -0.15) is 5.10 Å². The molecule has 1 fully saturated rings. The van der Waals surface area contributed by atoms with E-state index in [2.05, 4.69) is 72.9 Å². The lowest BCUT2D eigenvalue weighted by Gasteiger charge is -2.34. The molecular weight excluding hydrogens is 400 g/mol. The van der Waals surface area contributed by atoms with Crippen LogP contribution in [0, 0.1) is 0 Å². The summed E-state index contributed by atoms with van der Waals surface area (Å²) in [7, 11) is 3.97. The summed E-state index contributed by atoms with van der Waals surface area (Å²) < 4.78 is 1.86. The van der Waals surface area contributed by atoms with E-state index in [0.29, 0.717) is 6.54 Å². The average Bonchev–Trinajstić information content (AvgIpc) is 3.37. The lowest BCUT2D eigenvalue weighted by molar-refractivity contribution is 0.312. The number of rotatable bonds is 7. The Morgan fingerprint density at radius 3 is 2.53 bits per heavy atom. The van der Waals surface area contributed by atoms with E-state index < -0.39 is 0 Å². The second kappa shape index (κ2) is 10.8. The highest BCUT2D eigenvalue weighted by atomic mass is 15.3.